The summed E-state index contributed by atoms with van der Waals surface area (Å²) in [5.41, 5.74) is 6.09. The molecule has 0 spiro atoms. The van der Waals surface area contributed by atoms with Crippen LogP contribution >= 0.6 is 0 Å². The van der Waals surface area contributed by atoms with E-state index in [0.717, 1.165) is 71.5 Å². The molecule has 5 rings (SSSR count). The van der Waals surface area contributed by atoms with Gasteiger partial charge in [0.2, 0.25) is 0 Å². The van der Waals surface area contributed by atoms with Gasteiger partial charge in [-0.3, -0.25) is 19.1 Å². The Morgan fingerprint density at radius 1 is 1.07 bits per heavy atom. The van der Waals surface area contributed by atoms with Crippen molar-refractivity contribution in [1.29, 1.82) is 0 Å². The van der Waals surface area contributed by atoms with Crippen LogP contribution in [0.5, 0.6) is 0 Å². The molecule has 154 valence electrons. The molecule has 0 radical (unpaired) electrons. The van der Waals surface area contributed by atoms with E-state index in [4.69, 9.17) is 4.98 Å². The lowest BCUT2D eigenvalue weighted by atomic mass is 10.0. The van der Waals surface area contributed by atoms with Gasteiger partial charge in [0.25, 0.3) is 0 Å². The monoisotopic (exact) mass is 402 g/mol. The van der Waals surface area contributed by atoms with Crippen molar-refractivity contribution in [2.24, 2.45) is 7.05 Å². The summed E-state index contributed by atoms with van der Waals surface area (Å²) in [4.78, 5) is 29.6. The Hall–Kier alpha value is -3.06. The molecule has 1 saturated heterocycles. The maximum atomic E-state index is 13.2. The van der Waals surface area contributed by atoms with Crippen LogP contribution in [-0.2, 0) is 7.05 Å². The highest BCUT2D eigenvalue weighted by Crippen LogP contribution is 2.30. The van der Waals surface area contributed by atoms with Crippen LogP contribution in [0, 0.1) is 6.92 Å². The molecule has 7 nitrogen and oxygen atoms in total. The third kappa shape index (κ3) is 3.01. The molecule has 5 heterocycles. The van der Waals surface area contributed by atoms with E-state index < -0.39 is 0 Å². The average molecular weight is 403 g/mol. The summed E-state index contributed by atoms with van der Waals surface area (Å²) in [7, 11) is 1.82. The van der Waals surface area contributed by atoms with E-state index in [1.54, 1.807) is 10.8 Å². The SMILES string of the molecule is CCN1CCC(n2c(=O)n(C)c3cnc4ccc(-c5ccc(C)nc5)nc4c32)CC1. The quantitative estimate of drug-likeness (QED) is 0.526. The van der Waals surface area contributed by atoms with Crippen molar-refractivity contribution in [3.8, 4) is 11.3 Å². The molecule has 0 saturated carbocycles. The molecule has 30 heavy (non-hydrogen) atoms. The summed E-state index contributed by atoms with van der Waals surface area (Å²) in [5.74, 6) is 0. The van der Waals surface area contributed by atoms with Crippen LogP contribution in [0.25, 0.3) is 33.3 Å². The Morgan fingerprint density at radius 2 is 1.87 bits per heavy atom. The van der Waals surface area contributed by atoms with Gasteiger partial charge in [-0.2, -0.15) is 0 Å². The predicted octanol–water partition coefficient (Wildman–Crippen LogP) is 3.31. The van der Waals surface area contributed by atoms with Crippen LogP contribution in [0.3, 0.4) is 0 Å². The molecule has 0 N–H and O–H groups in total. The number of imidazole rings is 1. The van der Waals surface area contributed by atoms with E-state index in [2.05, 4.69) is 21.8 Å². The zero-order valence-corrected chi connectivity index (χ0v) is 17.7. The second-order valence-electron chi connectivity index (χ2n) is 8.12. The van der Waals surface area contributed by atoms with Gasteiger partial charge in [0.15, 0.2) is 0 Å². The lowest BCUT2D eigenvalue weighted by molar-refractivity contribution is 0.194. The fourth-order valence-corrected chi connectivity index (χ4v) is 4.50. The second-order valence-corrected chi connectivity index (χ2v) is 8.12. The third-order valence-electron chi connectivity index (χ3n) is 6.34. The number of piperidine rings is 1. The molecule has 7 heteroatoms. The van der Waals surface area contributed by atoms with Gasteiger partial charge < -0.3 is 4.90 Å². The molecular formula is C23H26N6O. The number of aromatic nitrogens is 5. The van der Waals surface area contributed by atoms with Gasteiger partial charge >= 0.3 is 5.69 Å². The van der Waals surface area contributed by atoms with Crippen LogP contribution in [-0.4, -0.2) is 48.6 Å². The Balaban J connectivity index is 1.72. The highest BCUT2D eigenvalue weighted by atomic mass is 16.1. The van der Waals surface area contributed by atoms with Crippen LogP contribution in [0.15, 0.2) is 41.5 Å². The Morgan fingerprint density at radius 3 is 2.57 bits per heavy atom. The topological polar surface area (TPSA) is 68.8 Å². The smallest absolute Gasteiger partial charge is 0.303 e. The molecule has 0 amide bonds. The molecular weight excluding hydrogens is 376 g/mol. The Bertz CT molecular complexity index is 1280. The molecule has 4 aromatic rings. The first-order valence-corrected chi connectivity index (χ1v) is 10.6. The van der Waals surface area contributed by atoms with Crippen LogP contribution < -0.4 is 5.69 Å². The molecule has 0 aromatic carbocycles. The summed E-state index contributed by atoms with van der Waals surface area (Å²) in [5, 5.41) is 0. The van der Waals surface area contributed by atoms with Crippen LogP contribution in [0.2, 0.25) is 0 Å². The minimum Gasteiger partial charge on any atom is -0.303 e. The van der Waals surface area contributed by atoms with E-state index >= 15 is 0 Å². The minimum absolute atomic E-state index is 0.0125. The van der Waals surface area contributed by atoms with Gasteiger partial charge in [-0.25, -0.2) is 9.78 Å². The maximum Gasteiger partial charge on any atom is 0.329 e. The average Bonchev–Trinajstić information content (AvgIpc) is 3.04. The largest absolute Gasteiger partial charge is 0.329 e. The molecule has 4 aromatic heterocycles. The summed E-state index contributed by atoms with van der Waals surface area (Å²) < 4.78 is 3.67. The first-order valence-electron chi connectivity index (χ1n) is 10.6. The standard InChI is InChI=1S/C23H26N6O/c1-4-28-11-9-17(10-12-28)29-22-20(27(3)23(29)30)14-25-19-8-7-18(26-21(19)22)16-6-5-15(2)24-13-16/h5-8,13-14,17H,4,9-12H2,1-3H3. The number of hydrogen-bond acceptors (Lipinski definition) is 5. The molecule has 0 aliphatic carbocycles. The van der Waals surface area contributed by atoms with Gasteiger partial charge in [0.05, 0.1) is 28.4 Å². The highest BCUT2D eigenvalue weighted by molar-refractivity contribution is 6.00. The molecule has 0 bridgehead atoms. The first-order chi connectivity index (χ1) is 14.6. The van der Waals surface area contributed by atoms with Crippen molar-refractivity contribution in [2.45, 2.75) is 32.7 Å². The van der Waals surface area contributed by atoms with Crippen LogP contribution in [0.4, 0.5) is 0 Å². The van der Waals surface area contributed by atoms with Gasteiger partial charge in [-0.1, -0.05) is 6.92 Å². The first kappa shape index (κ1) is 18.9. The number of likely N-dealkylation sites (tertiary alicyclic amines) is 1. The molecule has 1 fully saturated rings. The minimum atomic E-state index is 0.0125. The zero-order valence-electron chi connectivity index (χ0n) is 17.7. The summed E-state index contributed by atoms with van der Waals surface area (Å²) in [6.07, 6.45) is 5.58. The third-order valence-corrected chi connectivity index (χ3v) is 6.34. The van der Waals surface area contributed by atoms with Crippen molar-refractivity contribution in [1.82, 2.24) is 29.0 Å². The zero-order chi connectivity index (χ0) is 20.8. The Kier molecular flexibility index (Phi) is 4.62. The molecule has 0 atom stereocenters. The molecule has 0 unspecified atom stereocenters. The van der Waals surface area contributed by atoms with Gasteiger partial charge in [-0.05, 0) is 50.6 Å². The fourth-order valence-electron chi connectivity index (χ4n) is 4.50. The van der Waals surface area contributed by atoms with E-state index in [1.165, 1.54) is 0 Å². The van der Waals surface area contributed by atoms with E-state index in [-0.39, 0.29) is 11.7 Å². The van der Waals surface area contributed by atoms with Crippen molar-refractivity contribution in [2.75, 3.05) is 19.6 Å². The second kappa shape index (κ2) is 7.32. The van der Waals surface area contributed by atoms with Gasteiger partial charge in [-0.15, -0.1) is 0 Å². The maximum absolute atomic E-state index is 13.2. The van der Waals surface area contributed by atoms with E-state index in [0.29, 0.717) is 0 Å². The summed E-state index contributed by atoms with van der Waals surface area (Å²) in [6.45, 7) is 7.24. The lowest BCUT2D eigenvalue weighted by Crippen LogP contribution is -2.37. The summed E-state index contributed by atoms with van der Waals surface area (Å²) >= 11 is 0. The van der Waals surface area contributed by atoms with Crippen molar-refractivity contribution in [3.63, 3.8) is 0 Å². The van der Waals surface area contributed by atoms with Crippen molar-refractivity contribution in [3.05, 3.63) is 52.8 Å². The highest BCUT2D eigenvalue weighted by Gasteiger charge is 2.25. The molecule has 1 aliphatic heterocycles. The number of fused-ring (bicyclic) bond motifs is 3. The summed E-state index contributed by atoms with van der Waals surface area (Å²) in [6, 6.07) is 8.15. The normalized spacial score (nSPS) is 16.0. The number of nitrogens with zero attached hydrogens (tertiary/aromatic N) is 6. The predicted molar refractivity (Wildman–Crippen MR) is 119 cm³/mol. The van der Waals surface area contributed by atoms with Gasteiger partial charge in [0.1, 0.15) is 5.52 Å². The van der Waals surface area contributed by atoms with Gasteiger partial charge in [0, 0.05) is 43.6 Å². The number of pyridine rings is 3. The number of hydrogen-bond donors (Lipinski definition) is 0. The fraction of sp³-hybridized carbons (Fsp3) is 0.391. The Labute approximate surface area is 175 Å². The van der Waals surface area contributed by atoms with E-state index in [9.17, 15) is 4.79 Å². The number of rotatable bonds is 3. The van der Waals surface area contributed by atoms with E-state index in [1.807, 2.05) is 49.0 Å². The molecule has 1 aliphatic rings. The number of aryl methyl sites for hydroxylation is 2. The lowest BCUT2D eigenvalue weighted by Gasteiger charge is -2.31. The van der Waals surface area contributed by atoms with Crippen molar-refractivity contribution >= 4 is 22.1 Å². The van der Waals surface area contributed by atoms with Crippen molar-refractivity contribution < 1.29 is 0 Å². The van der Waals surface area contributed by atoms with Crippen LogP contribution in [0.1, 0.15) is 31.5 Å².